The van der Waals surface area contributed by atoms with Crippen LogP contribution in [0.1, 0.15) is 48.0 Å². The first-order valence-corrected chi connectivity index (χ1v) is 7.84. The highest BCUT2D eigenvalue weighted by Crippen LogP contribution is 2.24. The van der Waals surface area contributed by atoms with Crippen molar-refractivity contribution in [2.75, 3.05) is 26.2 Å². The molecular weight excluding hydrogens is 220 g/mol. The third kappa shape index (κ3) is 5.71. The van der Waals surface area contributed by atoms with Crippen LogP contribution in [0.5, 0.6) is 0 Å². The highest BCUT2D eigenvalue weighted by Gasteiger charge is 2.28. The Morgan fingerprint density at radius 1 is 1.00 bits per heavy atom. The summed E-state index contributed by atoms with van der Waals surface area (Å²) in [6, 6.07) is 0.701. The van der Waals surface area contributed by atoms with Crippen LogP contribution >= 0.6 is 0 Å². The lowest BCUT2D eigenvalue weighted by molar-refractivity contribution is 0.104. The zero-order valence-corrected chi connectivity index (χ0v) is 13.4. The van der Waals surface area contributed by atoms with Crippen molar-refractivity contribution in [1.29, 1.82) is 0 Å². The van der Waals surface area contributed by atoms with Crippen LogP contribution in [0.25, 0.3) is 0 Å². The number of piperidine rings is 1. The van der Waals surface area contributed by atoms with Crippen molar-refractivity contribution in [1.82, 2.24) is 10.2 Å². The van der Waals surface area contributed by atoms with Crippen LogP contribution in [0.15, 0.2) is 0 Å². The molecule has 1 heterocycles. The Bertz CT molecular complexity index is 223. The molecule has 0 aromatic rings. The third-order valence-electron chi connectivity index (χ3n) is 3.94. The van der Waals surface area contributed by atoms with Crippen LogP contribution in [-0.2, 0) is 0 Å². The van der Waals surface area contributed by atoms with Crippen molar-refractivity contribution in [3.63, 3.8) is 0 Å². The average Bonchev–Trinajstić information content (AvgIpc) is 2.25. The van der Waals surface area contributed by atoms with E-state index >= 15 is 0 Å². The van der Waals surface area contributed by atoms with E-state index in [1.165, 1.54) is 26.1 Å². The fraction of sp³-hybridized carbons (Fsp3) is 1.00. The first kappa shape index (κ1) is 16.0. The monoisotopic (exact) mass is 254 g/mol. The van der Waals surface area contributed by atoms with E-state index < -0.39 is 0 Å². The molecule has 108 valence electrons. The zero-order chi connectivity index (χ0) is 13.7. The summed E-state index contributed by atoms with van der Waals surface area (Å²) in [4.78, 5) is 2.68. The van der Waals surface area contributed by atoms with E-state index in [2.05, 4.69) is 51.8 Å². The summed E-state index contributed by atoms with van der Waals surface area (Å²) < 4.78 is 0. The standard InChI is InChI=1S/C16H34N2/c1-12(2)8-17-16-7-15(14(5)6)10-18(11-16)9-13(3)4/h12-17H,7-11H2,1-6H3. The largest absolute Gasteiger partial charge is 0.312 e. The topological polar surface area (TPSA) is 15.3 Å². The van der Waals surface area contributed by atoms with Crippen LogP contribution in [0, 0.1) is 23.7 Å². The molecule has 1 N–H and O–H groups in total. The molecule has 0 bridgehead atoms. The van der Waals surface area contributed by atoms with Crippen molar-refractivity contribution in [2.45, 2.75) is 54.0 Å². The van der Waals surface area contributed by atoms with Crippen molar-refractivity contribution < 1.29 is 0 Å². The van der Waals surface area contributed by atoms with Gasteiger partial charge < -0.3 is 10.2 Å². The Morgan fingerprint density at radius 2 is 1.67 bits per heavy atom. The number of likely N-dealkylation sites (tertiary alicyclic amines) is 1. The number of hydrogen-bond acceptors (Lipinski definition) is 2. The molecule has 2 nitrogen and oxygen atoms in total. The van der Waals surface area contributed by atoms with Crippen LogP contribution < -0.4 is 5.32 Å². The molecule has 0 radical (unpaired) electrons. The van der Waals surface area contributed by atoms with Gasteiger partial charge in [0.15, 0.2) is 0 Å². The minimum atomic E-state index is 0.701. The molecule has 0 saturated carbocycles. The third-order valence-corrected chi connectivity index (χ3v) is 3.94. The predicted molar refractivity (Wildman–Crippen MR) is 80.9 cm³/mol. The van der Waals surface area contributed by atoms with Crippen LogP contribution in [-0.4, -0.2) is 37.1 Å². The maximum Gasteiger partial charge on any atom is 0.0198 e. The maximum atomic E-state index is 3.77. The van der Waals surface area contributed by atoms with Gasteiger partial charge in [-0.25, -0.2) is 0 Å². The van der Waals surface area contributed by atoms with Gasteiger partial charge in [-0.3, -0.25) is 0 Å². The minimum absolute atomic E-state index is 0.701. The molecule has 1 aliphatic rings. The van der Waals surface area contributed by atoms with Gasteiger partial charge in [-0.05, 0) is 36.6 Å². The second-order valence-corrected chi connectivity index (χ2v) is 7.35. The summed E-state index contributed by atoms with van der Waals surface area (Å²) in [5, 5.41) is 3.77. The number of nitrogens with one attached hydrogen (secondary N) is 1. The molecule has 1 saturated heterocycles. The van der Waals surface area contributed by atoms with Gasteiger partial charge in [-0.15, -0.1) is 0 Å². The highest BCUT2D eigenvalue weighted by atomic mass is 15.2. The van der Waals surface area contributed by atoms with E-state index in [0.717, 1.165) is 30.2 Å². The lowest BCUT2D eigenvalue weighted by Gasteiger charge is -2.41. The number of nitrogens with zero attached hydrogens (tertiary/aromatic N) is 1. The molecular formula is C16H34N2. The molecule has 1 rings (SSSR count). The van der Waals surface area contributed by atoms with Gasteiger partial charge >= 0.3 is 0 Å². The smallest absolute Gasteiger partial charge is 0.0198 e. The second-order valence-electron chi connectivity index (χ2n) is 7.35. The predicted octanol–water partition coefficient (Wildman–Crippen LogP) is 3.23. The van der Waals surface area contributed by atoms with Crippen molar-refractivity contribution >= 4 is 0 Å². The Kier molecular flexibility index (Phi) is 6.65. The van der Waals surface area contributed by atoms with Crippen molar-refractivity contribution in [3.8, 4) is 0 Å². The van der Waals surface area contributed by atoms with E-state index in [4.69, 9.17) is 0 Å². The lowest BCUT2D eigenvalue weighted by atomic mass is 9.85. The molecule has 0 aromatic carbocycles. The summed E-state index contributed by atoms with van der Waals surface area (Å²) in [5.74, 6) is 3.20. The van der Waals surface area contributed by atoms with Crippen LogP contribution in [0.3, 0.4) is 0 Å². The van der Waals surface area contributed by atoms with Crippen LogP contribution in [0.4, 0.5) is 0 Å². The molecule has 0 amide bonds. The zero-order valence-electron chi connectivity index (χ0n) is 13.4. The van der Waals surface area contributed by atoms with Gasteiger partial charge in [0.2, 0.25) is 0 Å². The van der Waals surface area contributed by atoms with Gasteiger partial charge in [-0.1, -0.05) is 41.5 Å². The van der Waals surface area contributed by atoms with E-state index in [9.17, 15) is 0 Å². The van der Waals surface area contributed by atoms with Gasteiger partial charge in [0, 0.05) is 25.7 Å². The Balaban J connectivity index is 2.51. The maximum absolute atomic E-state index is 3.77. The SMILES string of the molecule is CC(C)CNC1CC(C(C)C)CN(CC(C)C)C1. The molecule has 2 atom stereocenters. The molecule has 0 aromatic heterocycles. The quantitative estimate of drug-likeness (QED) is 0.783. The first-order chi connectivity index (χ1) is 8.38. The molecule has 1 fully saturated rings. The lowest BCUT2D eigenvalue weighted by Crippen LogP contribution is -2.51. The molecule has 1 aliphatic heterocycles. The van der Waals surface area contributed by atoms with E-state index in [1.54, 1.807) is 0 Å². The fourth-order valence-electron chi connectivity index (χ4n) is 2.93. The summed E-state index contributed by atoms with van der Waals surface area (Å²) in [6.45, 7) is 19.0. The summed E-state index contributed by atoms with van der Waals surface area (Å²) in [7, 11) is 0. The van der Waals surface area contributed by atoms with Crippen molar-refractivity contribution in [3.05, 3.63) is 0 Å². The molecule has 2 unspecified atom stereocenters. The molecule has 18 heavy (non-hydrogen) atoms. The fourth-order valence-corrected chi connectivity index (χ4v) is 2.93. The van der Waals surface area contributed by atoms with Gasteiger partial charge in [0.25, 0.3) is 0 Å². The van der Waals surface area contributed by atoms with Gasteiger partial charge in [0.1, 0.15) is 0 Å². The second kappa shape index (κ2) is 7.49. The minimum Gasteiger partial charge on any atom is -0.312 e. The summed E-state index contributed by atoms with van der Waals surface area (Å²) in [5.41, 5.74) is 0. The van der Waals surface area contributed by atoms with Gasteiger partial charge in [0.05, 0.1) is 0 Å². The summed E-state index contributed by atoms with van der Waals surface area (Å²) >= 11 is 0. The summed E-state index contributed by atoms with van der Waals surface area (Å²) in [6.07, 6.45) is 1.36. The first-order valence-electron chi connectivity index (χ1n) is 7.84. The Morgan fingerprint density at radius 3 is 2.17 bits per heavy atom. The highest BCUT2D eigenvalue weighted by molar-refractivity contribution is 4.85. The van der Waals surface area contributed by atoms with Crippen molar-refractivity contribution in [2.24, 2.45) is 23.7 Å². The van der Waals surface area contributed by atoms with Crippen LogP contribution in [0.2, 0.25) is 0 Å². The Labute approximate surface area is 115 Å². The van der Waals surface area contributed by atoms with E-state index in [-0.39, 0.29) is 0 Å². The normalized spacial score (nSPS) is 26.5. The van der Waals surface area contributed by atoms with E-state index in [1.807, 2.05) is 0 Å². The van der Waals surface area contributed by atoms with Gasteiger partial charge in [-0.2, -0.15) is 0 Å². The molecule has 0 spiro atoms. The van der Waals surface area contributed by atoms with E-state index in [0.29, 0.717) is 6.04 Å². The average molecular weight is 254 g/mol. The number of rotatable bonds is 6. The Hall–Kier alpha value is -0.0800. The molecule has 2 heteroatoms. The molecule has 0 aliphatic carbocycles. The number of hydrogen-bond donors (Lipinski definition) is 1.